The Hall–Kier alpha value is -2.65. The molecule has 0 saturated carbocycles. The number of allylic oxidation sites excluding steroid dienone is 1. The van der Waals surface area contributed by atoms with Crippen LogP contribution < -0.4 is 14.2 Å². The normalized spacial score (nSPS) is 10.9. The molecule has 0 fully saturated rings. The summed E-state index contributed by atoms with van der Waals surface area (Å²) in [5, 5.41) is 19.5. The molecule has 0 saturated heterocycles. The van der Waals surface area contributed by atoms with Crippen molar-refractivity contribution >= 4 is 27.6 Å². The predicted molar refractivity (Wildman–Crippen MR) is 100 cm³/mol. The highest BCUT2D eigenvalue weighted by Crippen LogP contribution is 2.37. The van der Waals surface area contributed by atoms with Crippen molar-refractivity contribution in [3.05, 3.63) is 45.9 Å². The summed E-state index contributed by atoms with van der Waals surface area (Å²) in [7, 11) is 3.10. The SMILES string of the molecule is CCOc1cc(/C=C(\C#N)c2ccc(OC)c(OC)c2)cc(Br)c1O. The third kappa shape index (κ3) is 4.25. The van der Waals surface area contributed by atoms with Crippen LogP contribution in [0.2, 0.25) is 0 Å². The minimum atomic E-state index is 0.0311. The van der Waals surface area contributed by atoms with Crippen molar-refractivity contribution in [3.63, 3.8) is 0 Å². The van der Waals surface area contributed by atoms with E-state index in [9.17, 15) is 10.4 Å². The minimum Gasteiger partial charge on any atom is -0.503 e. The Kier molecular flexibility index (Phi) is 6.31. The summed E-state index contributed by atoms with van der Waals surface area (Å²) >= 11 is 3.30. The van der Waals surface area contributed by atoms with Crippen LogP contribution in [-0.2, 0) is 0 Å². The summed E-state index contributed by atoms with van der Waals surface area (Å²) in [6.07, 6.45) is 1.72. The number of methoxy groups -OCH3 is 2. The number of phenols is 1. The lowest BCUT2D eigenvalue weighted by atomic mass is 10.0. The number of hydrogen-bond acceptors (Lipinski definition) is 5. The van der Waals surface area contributed by atoms with Crippen LogP contribution in [0.1, 0.15) is 18.1 Å². The van der Waals surface area contributed by atoms with Gasteiger partial charge in [0, 0.05) is 0 Å². The molecule has 25 heavy (non-hydrogen) atoms. The molecule has 0 spiro atoms. The summed E-state index contributed by atoms with van der Waals surface area (Å²) in [6, 6.07) is 10.9. The van der Waals surface area contributed by atoms with Crippen LogP contribution in [0.25, 0.3) is 11.6 Å². The zero-order chi connectivity index (χ0) is 18.4. The zero-order valence-electron chi connectivity index (χ0n) is 14.2. The summed E-state index contributed by atoms with van der Waals surface area (Å²) in [4.78, 5) is 0. The summed E-state index contributed by atoms with van der Waals surface area (Å²) in [6.45, 7) is 2.26. The van der Waals surface area contributed by atoms with Crippen LogP contribution in [0.5, 0.6) is 23.0 Å². The Morgan fingerprint density at radius 1 is 1.16 bits per heavy atom. The van der Waals surface area contributed by atoms with E-state index >= 15 is 0 Å². The van der Waals surface area contributed by atoms with Gasteiger partial charge in [-0.25, -0.2) is 0 Å². The first-order valence-electron chi connectivity index (χ1n) is 7.53. The molecule has 0 heterocycles. The van der Waals surface area contributed by atoms with Crippen LogP contribution in [0.4, 0.5) is 0 Å². The van der Waals surface area contributed by atoms with Crippen molar-refractivity contribution in [2.24, 2.45) is 0 Å². The first-order valence-corrected chi connectivity index (χ1v) is 8.32. The maximum atomic E-state index is 10.00. The molecular formula is C19H18BrNO4. The van der Waals surface area contributed by atoms with Gasteiger partial charge in [-0.15, -0.1) is 0 Å². The van der Waals surface area contributed by atoms with Gasteiger partial charge in [-0.3, -0.25) is 0 Å². The Morgan fingerprint density at radius 2 is 1.88 bits per heavy atom. The van der Waals surface area contributed by atoms with E-state index in [0.29, 0.717) is 39.5 Å². The van der Waals surface area contributed by atoms with Gasteiger partial charge in [0.25, 0.3) is 0 Å². The average Bonchev–Trinajstić information content (AvgIpc) is 2.63. The van der Waals surface area contributed by atoms with E-state index in [-0.39, 0.29) is 5.75 Å². The highest BCUT2D eigenvalue weighted by Gasteiger charge is 2.11. The minimum absolute atomic E-state index is 0.0311. The Balaban J connectivity index is 2.49. The number of halogens is 1. The molecule has 0 bridgehead atoms. The van der Waals surface area contributed by atoms with E-state index in [1.807, 2.05) is 6.92 Å². The number of rotatable bonds is 6. The smallest absolute Gasteiger partial charge is 0.172 e. The molecule has 0 aromatic heterocycles. The molecule has 5 nitrogen and oxygen atoms in total. The number of aromatic hydroxyl groups is 1. The molecule has 0 radical (unpaired) electrons. The van der Waals surface area contributed by atoms with Crippen molar-refractivity contribution in [2.45, 2.75) is 6.92 Å². The van der Waals surface area contributed by atoms with Crippen molar-refractivity contribution < 1.29 is 19.3 Å². The van der Waals surface area contributed by atoms with Gasteiger partial charge in [0.2, 0.25) is 0 Å². The van der Waals surface area contributed by atoms with E-state index in [1.165, 1.54) is 0 Å². The molecule has 2 aromatic carbocycles. The second kappa shape index (κ2) is 8.45. The van der Waals surface area contributed by atoms with Gasteiger partial charge >= 0.3 is 0 Å². The first kappa shape index (κ1) is 18.7. The third-order valence-corrected chi connectivity index (χ3v) is 4.08. The number of benzene rings is 2. The third-order valence-electron chi connectivity index (χ3n) is 3.48. The van der Waals surface area contributed by atoms with Crippen molar-refractivity contribution in [1.82, 2.24) is 0 Å². The number of phenolic OH excluding ortho intramolecular Hbond substituents is 1. The topological polar surface area (TPSA) is 71.7 Å². The Morgan fingerprint density at radius 3 is 2.48 bits per heavy atom. The monoisotopic (exact) mass is 403 g/mol. The second-order valence-electron chi connectivity index (χ2n) is 5.02. The molecule has 0 unspecified atom stereocenters. The Bertz CT molecular complexity index is 840. The number of nitriles is 1. The molecule has 0 aliphatic carbocycles. The molecule has 0 aliphatic heterocycles. The van der Waals surface area contributed by atoms with Crippen LogP contribution in [0.15, 0.2) is 34.8 Å². The maximum absolute atomic E-state index is 10.00. The van der Waals surface area contributed by atoms with E-state index in [0.717, 1.165) is 5.56 Å². The first-order chi connectivity index (χ1) is 12.0. The fourth-order valence-electron chi connectivity index (χ4n) is 2.29. The van der Waals surface area contributed by atoms with Crippen LogP contribution in [-0.4, -0.2) is 25.9 Å². The Labute approximate surface area is 155 Å². The number of nitrogens with zero attached hydrogens (tertiary/aromatic N) is 1. The maximum Gasteiger partial charge on any atom is 0.172 e. The van der Waals surface area contributed by atoms with Crippen LogP contribution >= 0.6 is 15.9 Å². The lowest BCUT2D eigenvalue weighted by Crippen LogP contribution is -1.94. The van der Waals surface area contributed by atoms with Gasteiger partial charge < -0.3 is 19.3 Å². The number of hydrogen-bond donors (Lipinski definition) is 1. The van der Waals surface area contributed by atoms with E-state index in [2.05, 4.69) is 22.0 Å². The highest BCUT2D eigenvalue weighted by atomic mass is 79.9. The van der Waals surface area contributed by atoms with Gasteiger partial charge in [-0.1, -0.05) is 0 Å². The second-order valence-corrected chi connectivity index (χ2v) is 5.88. The van der Waals surface area contributed by atoms with Crippen LogP contribution in [0.3, 0.4) is 0 Å². The average molecular weight is 404 g/mol. The van der Waals surface area contributed by atoms with Crippen molar-refractivity contribution in [2.75, 3.05) is 20.8 Å². The fraction of sp³-hybridized carbons (Fsp3) is 0.211. The molecule has 0 atom stereocenters. The number of ether oxygens (including phenoxy) is 3. The van der Waals surface area contributed by atoms with E-state index < -0.39 is 0 Å². The van der Waals surface area contributed by atoms with Gasteiger partial charge in [-0.2, -0.15) is 5.26 Å². The molecule has 130 valence electrons. The predicted octanol–water partition coefficient (Wildman–Crippen LogP) is 4.63. The van der Waals surface area contributed by atoms with Crippen molar-refractivity contribution in [3.8, 4) is 29.1 Å². The lowest BCUT2D eigenvalue weighted by Gasteiger charge is -2.10. The summed E-state index contributed by atoms with van der Waals surface area (Å²) < 4.78 is 16.4. The summed E-state index contributed by atoms with van der Waals surface area (Å²) in [5.41, 5.74) is 1.86. The quantitative estimate of drug-likeness (QED) is 0.561. The zero-order valence-corrected chi connectivity index (χ0v) is 15.8. The van der Waals surface area contributed by atoms with E-state index in [4.69, 9.17) is 14.2 Å². The van der Waals surface area contributed by atoms with Gasteiger partial charge in [0.15, 0.2) is 23.0 Å². The molecule has 6 heteroatoms. The van der Waals surface area contributed by atoms with Crippen LogP contribution in [0, 0.1) is 11.3 Å². The molecule has 0 aliphatic rings. The lowest BCUT2D eigenvalue weighted by molar-refractivity contribution is 0.317. The van der Waals surface area contributed by atoms with Gasteiger partial charge in [-0.05, 0) is 70.4 Å². The van der Waals surface area contributed by atoms with Gasteiger partial charge in [0.1, 0.15) is 0 Å². The summed E-state index contributed by atoms with van der Waals surface area (Å²) in [5.74, 6) is 1.52. The van der Waals surface area contributed by atoms with Crippen molar-refractivity contribution in [1.29, 1.82) is 5.26 Å². The van der Waals surface area contributed by atoms with Gasteiger partial charge in [0.05, 0.1) is 36.9 Å². The largest absolute Gasteiger partial charge is 0.503 e. The standard InChI is InChI=1S/C19H18BrNO4/c1-4-25-18-9-12(8-15(20)19(18)22)7-14(11-21)13-5-6-16(23-2)17(10-13)24-3/h5-10,22H,4H2,1-3H3/b14-7+. The molecule has 1 N–H and O–H groups in total. The highest BCUT2D eigenvalue weighted by molar-refractivity contribution is 9.10. The molecule has 0 amide bonds. The molecular weight excluding hydrogens is 386 g/mol. The van der Waals surface area contributed by atoms with E-state index in [1.54, 1.807) is 50.6 Å². The fourth-order valence-corrected chi connectivity index (χ4v) is 2.75. The molecule has 2 rings (SSSR count). The molecule has 2 aromatic rings.